The number of anilines is 1. The molecule has 0 fully saturated rings. The number of nitrogens with zero attached hydrogens (tertiary/aromatic N) is 3. The summed E-state index contributed by atoms with van der Waals surface area (Å²) < 4.78 is 16.1. The summed E-state index contributed by atoms with van der Waals surface area (Å²) in [6.45, 7) is 6.97. The first-order valence-electron chi connectivity index (χ1n) is 8.48. The van der Waals surface area contributed by atoms with E-state index in [1.807, 2.05) is 0 Å². The molecule has 3 rings (SSSR count). The second-order valence-electron chi connectivity index (χ2n) is 7.24. The highest BCUT2D eigenvalue weighted by Crippen LogP contribution is 2.34. The Balaban J connectivity index is 1.82. The van der Waals surface area contributed by atoms with Crippen LogP contribution in [0.2, 0.25) is 0 Å². The molecule has 1 atom stereocenters. The van der Waals surface area contributed by atoms with Crippen LogP contribution in [0, 0.1) is 6.92 Å². The summed E-state index contributed by atoms with van der Waals surface area (Å²) in [5.74, 6) is 1.06. The number of alkyl carbamates (subject to hydrolysis) is 1. The number of carbonyl (C=O) groups excluding carboxylic acids is 2. The summed E-state index contributed by atoms with van der Waals surface area (Å²) in [6.07, 6.45) is -0.675. The van der Waals surface area contributed by atoms with Crippen LogP contribution in [0.5, 0.6) is 5.75 Å². The number of hydrogen-bond donors (Lipinski definition) is 1. The zero-order valence-corrected chi connectivity index (χ0v) is 15.9. The van der Waals surface area contributed by atoms with Crippen molar-refractivity contribution in [1.29, 1.82) is 0 Å². The van der Waals surface area contributed by atoms with E-state index in [1.165, 1.54) is 4.90 Å². The fourth-order valence-corrected chi connectivity index (χ4v) is 2.60. The van der Waals surface area contributed by atoms with Crippen LogP contribution in [-0.2, 0) is 9.53 Å². The van der Waals surface area contributed by atoms with Gasteiger partial charge in [0.1, 0.15) is 24.0 Å². The zero-order valence-electron chi connectivity index (χ0n) is 15.9. The van der Waals surface area contributed by atoms with Crippen LogP contribution in [0.1, 0.15) is 26.6 Å². The minimum absolute atomic E-state index is 0.00553. The number of rotatable bonds is 2. The Morgan fingerprint density at radius 3 is 2.74 bits per heavy atom. The number of likely N-dealkylation sites (N-methyl/N-ethyl adjacent to an activating group) is 1. The Kier molecular flexibility index (Phi) is 4.77. The molecule has 0 aliphatic carbocycles. The van der Waals surface area contributed by atoms with Gasteiger partial charge in [-0.05, 0) is 45.9 Å². The molecule has 9 heteroatoms. The van der Waals surface area contributed by atoms with Crippen molar-refractivity contribution >= 4 is 17.7 Å². The van der Waals surface area contributed by atoms with Crippen molar-refractivity contribution in [3.8, 4) is 17.2 Å². The van der Waals surface area contributed by atoms with Crippen LogP contribution >= 0.6 is 0 Å². The topological polar surface area (TPSA) is 107 Å². The number of amides is 2. The second-order valence-corrected chi connectivity index (χ2v) is 7.24. The number of carbonyl (C=O) groups is 2. The number of fused-ring (bicyclic) bond motifs is 1. The van der Waals surface area contributed by atoms with Gasteiger partial charge in [-0.25, -0.2) is 4.79 Å². The lowest BCUT2D eigenvalue weighted by Gasteiger charge is -2.23. The highest BCUT2D eigenvalue weighted by molar-refractivity contribution is 6.00. The third-order valence-electron chi connectivity index (χ3n) is 3.82. The molecule has 2 heterocycles. The van der Waals surface area contributed by atoms with Gasteiger partial charge in [-0.1, -0.05) is 5.16 Å². The SMILES string of the molecule is Cc1noc(-c2ccc3c(c2)N(C)C(=O)C(NC(=O)OC(C)(C)C)CO3)n1. The van der Waals surface area contributed by atoms with E-state index >= 15 is 0 Å². The number of hydrogen-bond acceptors (Lipinski definition) is 7. The second kappa shape index (κ2) is 6.90. The van der Waals surface area contributed by atoms with E-state index in [1.54, 1.807) is 52.9 Å². The molecular formula is C18H22N4O5. The third-order valence-corrected chi connectivity index (χ3v) is 3.82. The highest BCUT2D eigenvalue weighted by Gasteiger charge is 2.32. The van der Waals surface area contributed by atoms with Crippen molar-refractivity contribution in [3.63, 3.8) is 0 Å². The van der Waals surface area contributed by atoms with E-state index in [-0.39, 0.29) is 12.5 Å². The van der Waals surface area contributed by atoms with Crippen molar-refractivity contribution in [3.05, 3.63) is 24.0 Å². The van der Waals surface area contributed by atoms with Crippen LogP contribution < -0.4 is 15.0 Å². The molecule has 144 valence electrons. The molecule has 1 aliphatic heterocycles. The molecule has 1 unspecified atom stereocenters. The number of aryl methyl sites for hydroxylation is 1. The maximum absolute atomic E-state index is 12.8. The monoisotopic (exact) mass is 374 g/mol. The molecular weight excluding hydrogens is 352 g/mol. The van der Waals surface area contributed by atoms with Gasteiger partial charge in [0.05, 0.1) is 5.69 Å². The normalized spacial score (nSPS) is 17.0. The van der Waals surface area contributed by atoms with Crippen molar-refractivity contribution in [2.24, 2.45) is 0 Å². The van der Waals surface area contributed by atoms with Gasteiger partial charge in [0, 0.05) is 12.6 Å². The fourth-order valence-electron chi connectivity index (χ4n) is 2.60. The molecule has 0 saturated heterocycles. The number of benzene rings is 1. The van der Waals surface area contributed by atoms with Gasteiger partial charge in [0.25, 0.3) is 11.8 Å². The molecule has 1 N–H and O–H groups in total. The first kappa shape index (κ1) is 18.7. The van der Waals surface area contributed by atoms with Gasteiger partial charge in [0.15, 0.2) is 5.82 Å². The van der Waals surface area contributed by atoms with Crippen molar-refractivity contribution in [1.82, 2.24) is 15.5 Å². The molecule has 0 radical (unpaired) electrons. The van der Waals surface area contributed by atoms with Crippen LogP contribution in [0.25, 0.3) is 11.5 Å². The van der Waals surface area contributed by atoms with Gasteiger partial charge in [-0.2, -0.15) is 4.98 Å². The summed E-state index contributed by atoms with van der Waals surface area (Å²) in [5.41, 5.74) is 0.544. The number of ether oxygens (including phenoxy) is 2. The van der Waals surface area contributed by atoms with Gasteiger partial charge in [0.2, 0.25) is 0 Å². The van der Waals surface area contributed by atoms with Crippen LogP contribution in [0.3, 0.4) is 0 Å². The average molecular weight is 374 g/mol. The molecule has 27 heavy (non-hydrogen) atoms. The van der Waals surface area contributed by atoms with Crippen LogP contribution in [0.4, 0.5) is 10.5 Å². The number of aromatic nitrogens is 2. The lowest BCUT2D eigenvalue weighted by atomic mass is 10.1. The smallest absolute Gasteiger partial charge is 0.408 e. The molecule has 1 aromatic heterocycles. The quantitative estimate of drug-likeness (QED) is 0.859. The van der Waals surface area contributed by atoms with Crippen LogP contribution in [0.15, 0.2) is 22.7 Å². The lowest BCUT2D eigenvalue weighted by molar-refractivity contribution is -0.120. The molecule has 2 aromatic rings. The summed E-state index contributed by atoms with van der Waals surface area (Å²) in [5, 5.41) is 6.33. The fraction of sp³-hybridized carbons (Fsp3) is 0.444. The molecule has 2 amide bonds. The average Bonchev–Trinajstić information content (AvgIpc) is 2.97. The van der Waals surface area contributed by atoms with E-state index < -0.39 is 17.7 Å². The van der Waals surface area contributed by atoms with E-state index in [4.69, 9.17) is 14.0 Å². The van der Waals surface area contributed by atoms with E-state index in [0.717, 1.165) is 0 Å². The summed E-state index contributed by atoms with van der Waals surface area (Å²) >= 11 is 0. The lowest BCUT2D eigenvalue weighted by Crippen LogP contribution is -2.50. The minimum atomic E-state index is -0.869. The Hall–Kier alpha value is -3.10. The van der Waals surface area contributed by atoms with Gasteiger partial charge in [-0.3, -0.25) is 4.79 Å². The van der Waals surface area contributed by atoms with Crippen molar-refractivity contribution in [2.45, 2.75) is 39.3 Å². The minimum Gasteiger partial charge on any atom is -0.489 e. The highest BCUT2D eigenvalue weighted by atomic mass is 16.6. The maximum atomic E-state index is 12.8. The molecule has 0 bridgehead atoms. The number of nitrogens with one attached hydrogen (secondary N) is 1. The van der Waals surface area contributed by atoms with Gasteiger partial charge >= 0.3 is 6.09 Å². The summed E-state index contributed by atoms with van der Waals surface area (Å²) in [6, 6.07) is 4.36. The standard InChI is InChI=1S/C18H22N4O5/c1-10-19-15(27-21-10)11-6-7-14-13(8-11)22(5)16(23)12(9-25-14)20-17(24)26-18(2,3)4/h6-8,12H,9H2,1-5H3,(H,20,24). The first-order chi connectivity index (χ1) is 12.6. The predicted octanol–water partition coefficient (Wildman–Crippen LogP) is 2.29. The first-order valence-corrected chi connectivity index (χ1v) is 8.48. The maximum Gasteiger partial charge on any atom is 0.408 e. The largest absolute Gasteiger partial charge is 0.489 e. The van der Waals surface area contributed by atoms with Crippen molar-refractivity contribution in [2.75, 3.05) is 18.6 Å². The van der Waals surface area contributed by atoms with Crippen LogP contribution in [-0.4, -0.2) is 47.4 Å². The molecule has 0 spiro atoms. The molecule has 0 saturated carbocycles. The third kappa shape index (κ3) is 4.18. The Labute approximate surface area is 156 Å². The molecule has 1 aliphatic rings. The van der Waals surface area contributed by atoms with Gasteiger partial charge < -0.3 is 24.2 Å². The summed E-state index contributed by atoms with van der Waals surface area (Å²) in [4.78, 5) is 30.4. The predicted molar refractivity (Wildman–Crippen MR) is 96.5 cm³/mol. The Morgan fingerprint density at radius 1 is 1.37 bits per heavy atom. The Morgan fingerprint density at radius 2 is 2.11 bits per heavy atom. The van der Waals surface area contributed by atoms with E-state index in [9.17, 15) is 9.59 Å². The van der Waals surface area contributed by atoms with E-state index in [0.29, 0.717) is 28.7 Å². The van der Waals surface area contributed by atoms with Gasteiger partial charge in [-0.15, -0.1) is 0 Å². The molecule has 1 aromatic carbocycles. The van der Waals surface area contributed by atoms with E-state index in [2.05, 4.69) is 15.5 Å². The zero-order chi connectivity index (χ0) is 19.8. The Bertz CT molecular complexity index is 871. The molecule has 9 nitrogen and oxygen atoms in total. The van der Waals surface area contributed by atoms with Crippen molar-refractivity contribution < 1.29 is 23.6 Å². The summed E-state index contributed by atoms with van der Waals surface area (Å²) in [7, 11) is 1.61.